The van der Waals surface area contributed by atoms with E-state index in [9.17, 15) is 0 Å². The molecule has 0 fully saturated rings. The summed E-state index contributed by atoms with van der Waals surface area (Å²) in [5.41, 5.74) is 0. The van der Waals surface area contributed by atoms with Crippen LogP contribution < -0.4 is 15.4 Å². The first-order chi connectivity index (χ1) is 11.3. The van der Waals surface area contributed by atoms with E-state index in [2.05, 4.69) is 38.5 Å². The summed E-state index contributed by atoms with van der Waals surface area (Å²) in [6.07, 6.45) is 0. The minimum absolute atomic E-state index is 0. The first-order valence-corrected chi connectivity index (χ1v) is 9.68. The third-order valence-electron chi connectivity index (χ3n) is 2.74. The monoisotopic (exact) mass is 531 g/mol. The molecule has 0 aliphatic carbocycles. The molecule has 0 bridgehead atoms. The summed E-state index contributed by atoms with van der Waals surface area (Å²) in [4.78, 5) is 4.42. The van der Waals surface area contributed by atoms with Gasteiger partial charge in [0, 0.05) is 36.2 Å². The number of nitrogens with one attached hydrogen (secondary N) is 2. The number of benzene rings is 1. The maximum absolute atomic E-state index is 5.70. The van der Waals surface area contributed by atoms with Crippen LogP contribution in [0.3, 0.4) is 0 Å². The van der Waals surface area contributed by atoms with Crippen molar-refractivity contribution in [2.75, 3.05) is 51.5 Å². The van der Waals surface area contributed by atoms with E-state index in [1.165, 1.54) is 0 Å². The molecule has 0 amide bonds. The highest BCUT2D eigenvalue weighted by molar-refractivity contribution is 14.0. The lowest BCUT2D eigenvalue weighted by molar-refractivity contribution is 0.208. The fourth-order valence-corrected chi connectivity index (χ4v) is 2.74. The third kappa shape index (κ3) is 12.2. The van der Waals surface area contributed by atoms with Crippen LogP contribution in [0.2, 0.25) is 0 Å². The molecule has 0 aliphatic rings. The maximum Gasteiger partial charge on any atom is 0.191 e. The predicted octanol–water partition coefficient (Wildman–Crippen LogP) is 3.38. The van der Waals surface area contributed by atoms with Gasteiger partial charge in [0.15, 0.2) is 5.96 Å². The van der Waals surface area contributed by atoms with Crippen LogP contribution >= 0.6 is 51.7 Å². The number of ether oxygens (including phenoxy) is 2. The molecule has 0 atom stereocenters. The maximum atomic E-state index is 5.70. The molecule has 8 heteroatoms. The predicted molar refractivity (Wildman–Crippen MR) is 118 cm³/mol. The van der Waals surface area contributed by atoms with Crippen LogP contribution in [0.4, 0.5) is 0 Å². The SMILES string of the molecule is CCNC(=NCCOC)NCCSCCOc1cccc(Br)c1.I. The van der Waals surface area contributed by atoms with Gasteiger partial charge in [-0.15, -0.1) is 24.0 Å². The third-order valence-corrected chi connectivity index (χ3v) is 4.18. The first kappa shape index (κ1) is 23.8. The van der Waals surface area contributed by atoms with Gasteiger partial charge < -0.3 is 20.1 Å². The number of methoxy groups -OCH3 is 1. The largest absolute Gasteiger partial charge is 0.493 e. The molecule has 0 aromatic heterocycles. The topological polar surface area (TPSA) is 54.9 Å². The minimum Gasteiger partial charge on any atom is -0.493 e. The highest BCUT2D eigenvalue weighted by Crippen LogP contribution is 2.17. The van der Waals surface area contributed by atoms with E-state index >= 15 is 0 Å². The molecule has 0 unspecified atom stereocenters. The van der Waals surface area contributed by atoms with E-state index in [1.807, 2.05) is 36.0 Å². The zero-order valence-corrected chi connectivity index (χ0v) is 19.0. The van der Waals surface area contributed by atoms with E-state index in [1.54, 1.807) is 7.11 Å². The Balaban J connectivity index is 0.00000529. The molecule has 0 aliphatic heterocycles. The average Bonchev–Trinajstić information content (AvgIpc) is 2.54. The molecule has 0 heterocycles. The van der Waals surface area contributed by atoms with Gasteiger partial charge >= 0.3 is 0 Å². The van der Waals surface area contributed by atoms with Crippen molar-refractivity contribution in [2.24, 2.45) is 4.99 Å². The summed E-state index contributed by atoms with van der Waals surface area (Å²) in [5.74, 6) is 3.72. The van der Waals surface area contributed by atoms with Crippen LogP contribution in [0.1, 0.15) is 6.92 Å². The van der Waals surface area contributed by atoms with Gasteiger partial charge in [-0.2, -0.15) is 11.8 Å². The zero-order chi connectivity index (χ0) is 16.8. The molecule has 138 valence electrons. The molecule has 1 aromatic carbocycles. The molecule has 2 N–H and O–H groups in total. The number of halogens is 2. The van der Waals surface area contributed by atoms with E-state index in [0.717, 1.165) is 40.8 Å². The van der Waals surface area contributed by atoms with Gasteiger partial charge in [-0.05, 0) is 25.1 Å². The summed E-state index contributed by atoms with van der Waals surface area (Å²) in [7, 11) is 1.68. The summed E-state index contributed by atoms with van der Waals surface area (Å²) in [6, 6.07) is 7.91. The number of rotatable bonds is 11. The minimum atomic E-state index is 0. The average molecular weight is 532 g/mol. The Morgan fingerprint density at radius 2 is 2.08 bits per heavy atom. The fraction of sp³-hybridized carbons (Fsp3) is 0.562. The van der Waals surface area contributed by atoms with Crippen molar-refractivity contribution in [3.63, 3.8) is 0 Å². The lowest BCUT2D eigenvalue weighted by Crippen LogP contribution is -2.38. The van der Waals surface area contributed by atoms with Crippen LogP contribution in [0.5, 0.6) is 5.75 Å². The molecule has 1 rings (SSSR count). The standard InChI is InChI=1S/C16H26BrN3O2S.HI/c1-3-18-16(19-7-9-21-2)20-8-11-23-12-10-22-15-6-4-5-14(17)13-15;/h4-6,13H,3,7-12H2,1-2H3,(H2,18,19,20);1H. The van der Waals surface area contributed by atoms with Crippen LogP contribution in [0.25, 0.3) is 0 Å². The number of hydrogen-bond donors (Lipinski definition) is 2. The zero-order valence-electron chi connectivity index (χ0n) is 14.2. The van der Waals surface area contributed by atoms with E-state index < -0.39 is 0 Å². The van der Waals surface area contributed by atoms with Gasteiger partial charge in [-0.3, -0.25) is 4.99 Å². The molecular formula is C16H27BrIN3O2S. The van der Waals surface area contributed by atoms with E-state index in [-0.39, 0.29) is 24.0 Å². The summed E-state index contributed by atoms with van der Waals surface area (Å²) in [5, 5.41) is 6.53. The summed E-state index contributed by atoms with van der Waals surface area (Å²) in [6.45, 7) is 5.80. The van der Waals surface area contributed by atoms with Gasteiger partial charge in [0.25, 0.3) is 0 Å². The molecule has 24 heavy (non-hydrogen) atoms. The van der Waals surface area contributed by atoms with Gasteiger partial charge in [-0.1, -0.05) is 22.0 Å². The van der Waals surface area contributed by atoms with Crippen LogP contribution in [-0.4, -0.2) is 57.4 Å². The number of nitrogens with zero attached hydrogens (tertiary/aromatic N) is 1. The summed E-state index contributed by atoms with van der Waals surface area (Å²) < 4.78 is 11.7. The van der Waals surface area contributed by atoms with Crippen LogP contribution in [-0.2, 0) is 4.74 Å². The number of guanidine groups is 1. The number of hydrogen-bond acceptors (Lipinski definition) is 4. The van der Waals surface area contributed by atoms with Crippen molar-refractivity contribution in [3.05, 3.63) is 28.7 Å². The van der Waals surface area contributed by atoms with Crippen LogP contribution in [0, 0.1) is 0 Å². The molecule has 0 spiro atoms. The first-order valence-electron chi connectivity index (χ1n) is 7.73. The second kappa shape index (κ2) is 16.3. The van der Waals surface area contributed by atoms with Gasteiger partial charge in [0.05, 0.1) is 19.8 Å². The Morgan fingerprint density at radius 1 is 1.25 bits per heavy atom. The van der Waals surface area contributed by atoms with Crippen molar-refractivity contribution >= 4 is 57.6 Å². The molecule has 0 radical (unpaired) electrons. The van der Waals surface area contributed by atoms with Crippen molar-refractivity contribution in [1.82, 2.24) is 10.6 Å². The number of aliphatic imine (C=N–C) groups is 1. The lowest BCUT2D eigenvalue weighted by atomic mass is 10.3. The summed E-state index contributed by atoms with van der Waals surface area (Å²) >= 11 is 5.29. The second-order valence-electron chi connectivity index (χ2n) is 4.60. The van der Waals surface area contributed by atoms with E-state index in [0.29, 0.717) is 19.8 Å². The number of thioether (sulfide) groups is 1. The Hall–Kier alpha value is -0.190. The Kier molecular flexibility index (Phi) is 16.2. The molecule has 0 saturated carbocycles. The molecule has 5 nitrogen and oxygen atoms in total. The van der Waals surface area contributed by atoms with Crippen molar-refractivity contribution in [1.29, 1.82) is 0 Å². The van der Waals surface area contributed by atoms with Crippen molar-refractivity contribution < 1.29 is 9.47 Å². The Labute approximate surface area is 174 Å². The molecule has 0 saturated heterocycles. The Morgan fingerprint density at radius 3 is 2.79 bits per heavy atom. The fourth-order valence-electron chi connectivity index (χ4n) is 1.71. The smallest absolute Gasteiger partial charge is 0.191 e. The second-order valence-corrected chi connectivity index (χ2v) is 6.74. The Bertz CT molecular complexity index is 467. The van der Waals surface area contributed by atoms with Gasteiger partial charge in [-0.25, -0.2) is 0 Å². The molecule has 1 aromatic rings. The van der Waals surface area contributed by atoms with Gasteiger partial charge in [0.1, 0.15) is 5.75 Å². The normalized spacial score (nSPS) is 10.9. The van der Waals surface area contributed by atoms with E-state index in [4.69, 9.17) is 9.47 Å². The van der Waals surface area contributed by atoms with Crippen LogP contribution in [0.15, 0.2) is 33.7 Å². The highest BCUT2D eigenvalue weighted by atomic mass is 127. The lowest BCUT2D eigenvalue weighted by Gasteiger charge is -2.11. The van der Waals surface area contributed by atoms with Crippen molar-refractivity contribution in [2.45, 2.75) is 6.92 Å². The molecular weight excluding hydrogens is 505 g/mol. The highest BCUT2D eigenvalue weighted by Gasteiger charge is 1.98. The quantitative estimate of drug-likeness (QED) is 0.198. The van der Waals surface area contributed by atoms with Gasteiger partial charge in [0.2, 0.25) is 0 Å². The van der Waals surface area contributed by atoms with Crippen molar-refractivity contribution in [3.8, 4) is 5.75 Å².